The molecule has 5 heteroatoms. The second kappa shape index (κ2) is 5.33. The van der Waals surface area contributed by atoms with Crippen molar-refractivity contribution in [3.05, 3.63) is 18.1 Å². The molecule has 1 aromatic rings. The van der Waals surface area contributed by atoms with E-state index < -0.39 is 5.97 Å². The molecule has 1 atom stereocenters. The topological polar surface area (TPSA) is 66.3 Å². The fourth-order valence-electron chi connectivity index (χ4n) is 2.30. The first kappa shape index (κ1) is 12.8. The average molecular weight is 249 g/mol. The Morgan fingerprint density at radius 1 is 1.56 bits per heavy atom. The maximum absolute atomic E-state index is 10.7. The largest absolute Gasteiger partial charge is 0.481 e. The van der Waals surface area contributed by atoms with Crippen LogP contribution in [0.1, 0.15) is 38.3 Å². The molecule has 1 aliphatic rings. The van der Waals surface area contributed by atoms with Crippen molar-refractivity contribution < 1.29 is 9.90 Å². The summed E-state index contributed by atoms with van der Waals surface area (Å²) in [7, 11) is 0. The molecule has 1 saturated heterocycles. The Morgan fingerprint density at radius 2 is 2.33 bits per heavy atom. The minimum Gasteiger partial charge on any atom is -0.481 e. The first-order valence-electron chi connectivity index (χ1n) is 6.35. The molecule has 2 rings (SSSR count). The molecular formula is C13H19N3O2. The Labute approximate surface area is 107 Å². The highest BCUT2D eigenvalue weighted by molar-refractivity contribution is 5.67. The van der Waals surface area contributed by atoms with Crippen molar-refractivity contribution >= 4 is 11.8 Å². The molecule has 5 nitrogen and oxygen atoms in total. The third-order valence-corrected chi connectivity index (χ3v) is 3.34. The predicted octanol–water partition coefficient (Wildman–Crippen LogP) is 1.90. The number of nitrogens with zero attached hydrogens (tertiary/aromatic N) is 3. The molecule has 0 radical (unpaired) electrons. The van der Waals surface area contributed by atoms with Gasteiger partial charge in [0.25, 0.3) is 0 Å². The van der Waals surface area contributed by atoms with Crippen molar-refractivity contribution in [3.8, 4) is 0 Å². The summed E-state index contributed by atoms with van der Waals surface area (Å²) in [5, 5.41) is 8.80. The van der Waals surface area contributed by atoms with Gasteiger partial charge in [-0.05, 0) is 18.3 Å². The highest BCUT2D eigenvalue weighted by atomic mass is 16.4. The van der Waals surface area contributed by atoms with E-state index in [1.807, 2.05) is 6.07 Å². The molecule has 1 fully saturated rings. The molecule has 0 aliphatic carbocycles. The maximum atomic E-state index is 10.7. The molecule has 0 aromatic carbocycles. The lowest BCUT2D eigenvalue weighted by Gasteiger charge is -2.18. The summed E-state index contributed by atoms with van der Waals surface area (Å²) in [5.41, 5.74) is 1.03. The Morgan fingerprint density at radius 3 is 3.00 bits per heavy atom. The van der Waals surface area contributed by atoms with E-state index >= 15 is 0 Å². The lowest BCUT2D eigenvalue weighted by Crippen LogP contribution is -2.22. The van der Waals surface area contributed by atoms with Crippen LogP contribution in [0.15, 0.2) is 12.4 Å². The fourth-order valence-corrected chi connectivity index (χ4v) is 2.30. The summed E-state index contributed by atoms with van der Waals surface area (Å²) in [6, 6.07) is 2.01. The zero-order chi connectivity index (χ0) is 13.1. The molecule has 1 aliphatic heterocycles. The van der Waals surface area contributed by atoms with Crippen molar-refractivity contribution in [2.24, 2.45) is 5.92 Å². The first-order chi connectivity index (χ1) is 8.56. The van der Waals surface area contributed by atoms with Gasteiger partial charge in [-0.1, -0.05) is 13.8 Å². The lowest BCUT2D eigenvalue weighted by atomic mass is 10.1. The van der Waals surface area contributed by atoms with Crippen LogP contribution in [0.3, 0.4) is 0 Å². The van der Waals surface area contributed by atoms with Gasteiger partial charge in [-0.2, -0.15) is 0 Å². The highest BCUT2D eigenvalue weighted by Gasteiger charge is 2.25. The number of carboxylic acids is 1. The molecule has 1 unspecified atom stereocenters. The highest BCUT2D eigenvalue weighted by Crippen LogP contribution is 2.25. The van der Waals surface area contributed by atoms with Crippen molar-refractivity contribution in [2.75, 3.05) is 18.0 Å². The smallest absolute Gasteiger partial charge is 0.303 e. The van der Waals surface area contributed by atoms with Gasteiger partial charge in [0.1, 0.15) is 12.1 Å². The Hall–Kier alpha value is -1.65. The van der Waals surface area contributed by atoms with Crippen molar-refractivity contribution in [2.45, 2.75) is 32.6 Å². The molecule has 0 amide bonds. The van der Waals surface area contributed by atoms with Crippen LogP contribution in [-0.4, -0.2) is 34.1 Å². The van der Waals surface area contributed by atoms with Gasteiger partial charge in [0.15, 0.2) is 0 Å². The summed E-state index contributed by atoms with van der Waals surface area (Å²) >= 11 is 0. The maximum Gasteiger partial charge on any atom is 0.303 e. The van der Waals surface area contributed by atoms with E-state index in [4.69, 9.17) is 5.11 Å². The van der Waals surface area contributed by atoms with Gasteiger partial charge >= 0.3 is 5.97 Å². The van der Waals surface area contributed by atoms with E-state index in [2.05, 4.69) is 28.7 Å². The number of hydrogen-bond acceptors (Lipinski definition) is 4. The molecule has 0 bridgehead atoms. The van der Waals surface area contributed by atoms with Gasteiger partial charge in [0, 0.05) is 31.3 Å². The van der Waals surface area contributed by atoms with E-state index in [-0.39, 0.29) is 12.3 Å². The lowest BCUT2D eigenvalue weighted by molar-refractivity contribution is -0.137. The first-order valence-corrected chi connectivity index (χ1v) is 6.35. The van der Waals surface area contributed by atoms with Crippen LogP contribution in [0.5, 0.6) is 0 Å². The van der Waals surface area contributed by atoms with Crippen molar-refractivity contribution in [1.82, 2.24) is 9.97 Å². The second-order valence-electron chi connectivity index (χ2n) is 5.15. The molecule has 1 aromatic heterocycles. The van der Waals surface area contributed by atoms with Crippen molar-refractivity contribution in [3.63, 3.8) is 0 Å². The number of rotatable bonds is 4. The summed E-state index contributed by atoms with van der Waals surface area (Å²) in [4.78, 5) is 21.4. The van der Waals surface area contributed by atoms with E-state index in [1.165, 1.54) is 0 Å². The minimum absolute atomic E-state index is 0.236. The molecule has 18 heavy (non-hydrogen) atoms. The normalized spacial score (nSPS) is 19.5. The Balaban J connectivity index is 2.05. The number of hydrogen-bond donors (Lipinski definition) is 1. The standard InChI is InChI=1S/C13H19N3O2/c1-9(2)11-6-12(15-8-14-11)16-4-3-10(7-16)5-13(17)18/h6,8-10H,3-5,7H2,1-2H3,(H,17,18). The number of carboxylic acid groups (broad SMARTS) is 1. The quantitative estimate of drug-likeness (QED) is 0.882. The van der Waals surface area contributed by atoms with Crippen LogP contribution in [0.2, 0.25) is 0 Å². The number of aromatic nitrogens is 2. The molecule has 1 N–H and O–H groups in total. The van der Waals surface area contributed by atoms with E-state index in [1.54, 1.807) is 6.33 Å². The summed E-state index contributed by atoms with van der Waals surface area (Å²) in [6.07, 6.45) is 2.77. The van der Waals surface area contributed by atoms with E-state index in [0.29, 0.717) is 5.92 Å². The van der Waals surface area contributed by atoms with Crippen LogP contribution in [0, 0.1) is 5.92 Å². The molecule has 2 heterocycles. The minimum atomic E-state index is -0.715. The molecule has 98 valence electrons. The number of carbonyl (C=O) groups is 1. The zero-order valence-corrected chi connectivity index (χ0v) is 10.8. The number of anilines is 1. The fraction of sp³-hybridized carbons (Fsp3) is 0.615. The van der Waals surface area contributed by atoms with E-state index in [0.717, 1.165) is 31.0 Å². The van der Waals surface area contributed by atoms with Crippen LogP contribution in [0.4, 0.5) is 5.82 Å². The molecule has 0 spiro atoms. The summed E-state index contributed by atoms with van der Waals surface area (Å²) < 4.78 is 0. The summed E-state index contributed by atoms with van der Waals surface area (Å²) in [6.45, 7) is 5.86. The Bertz CT molecular complexity index is 434. The Kier molecular flexibility index (Phi) is 3.79. The van der Waals surface area contributed by atoms with Gasteiger partial charge < -0.3 is 10.0 Å². The monoisotopic (exact) mass is 249 g/mol. The SMILES string of the molecule is CC(C)c1cc(N2CCC(CC(=O)O)C2)ncn1. The van der Waals surface area contributed by atoms with Gasteiger partial charge in [-0.15, -0.1) is 0 Å². The van der Waals surface area contributed by atoms with Crippen LogP contribution in [-0.2, 0) is 4.79 Å². The zero-order valence-electron chi connectivity index (χ0n) is 10.8. The predicted molar refractivity (Wildman–Crippen MR) is 68.7 cm³/mol. The van der Waals surface area contributed by atoms with Gasteiger partial charge in [0.2, 0.25) is 0 Å². The summed E-state index contributed by atoms with van der Waals surface area (Å²) in [5.74, 6) is 0.818. The van der Waals surface area contributed by atoms with Gasteiger partial charge in [0.05, 0.1) is 0 Å². The third kappa shape index (κ3) is 2.97. The van der Waals surface area contributed by atoms with E-state index in [9.17, 15) is 4.79 Å². The van der Waals surface area contributed by atoms with Crippen LogP contribution in [0.25, 0.3) is 0 Å². The molecule has 0 saturated carbocycles. The third-order valence-electron chi connectivity index (χ3n) is 3.34. The second-order valence-corrected chi connectivity index (χ2v) is 5.15. The average Bonchev–Trinajstić information content (AvgIpc) is 2.77. The van der Waals surface area contributed by atoms with Crippen molar-refractivity contribution in [1.29, 1.82) is 0 Å². The van der Waals surface area contributed by atoms with Crippen LogP contribution < -0.4 is 4.90 Å². The van der Waals surface area contributed by atoms with Crippen LogP contribution >= 0.6 is 0 Å². The molecular weight excluding hydrogens is 230 g/mol. The van der Waals surface area contributed by atoms with Gasteiger partial charge in [-0.3, -0.25) is 4.79 Å². The van der Waals surface area contributed by atoms with Gasteiger partial charge in [-0.25, -0.2) is 9.97 Å². The number of aliphatic carboxylic acids is 1.